The van der Waals surface area contributed by atoms with Crippen molar-refractivity contribution >= 4 is 39.3 Å². The highest BCUT2D eigenvalue weighted by Gasteiger charge is 2.51. The van der Waals surface area contributed by atoms with Crippen molar-refractivity contribution in [1.29, 1.82) is 0 Å². The van der Waals surface area contributed by atoms with Crippen molar-refractivity contribution in [3.8, 4) is 0 Å². The topological polar surface area (TPSA) is 83.9 Å². The highest BCUT2D eigenvalue weighted by Crippen LogP contribution is 2.44. The number of methoxy groups -OCH3 is 1. The van der Waals surface area contributed by atoms with Crippen LogP contribution < -0.4 is 4.90 Å². The van der Waals surface area contributed by atoms with Gasteiger partial charge >= 0.3 is 5.97 Å². The Balaban J connectivity index is 2.01. The van der Waals surface area contributed by atoms with Gasteiger partial charge in [-0.05, 0) is 18.2 Å². The molecule has 134 valence electrons. The lowest BCUT2D eigenvalue weighted by Gasteiger charge is -2.22. The lowest BCUT2D eigenvalue weighted by Crippen LogP contribution is -2.43. The average Bonchev–Trinajstić information content (AvgIpc) is 2.84. The monoisotopic (exact) mass is 417 g/mol. The van der Waals surface area contributed by atoms with Crippen LogP contribution in [0, 0.1) is 0 Å². The van der Waals surface area contributed by atoms with Crippen molar-refractivity contribution in [3.05, 3.63) is 64.1 Å². The number of carbonyl (C=O) groups excluding carboxylic acids is 3. The van der Waals surface area contributed by atoms with Crippen LogP contribution in [0.15, 0.2) is 53.0 Å². The van der Waals surface area contributed by atoms with E-state index in [2.05, 4.69) is 20.7 Å². The molecule has 0 radical (unpaired) electrons. The zero-order valence-electron chi connectivity index (χ0n) is 13.9. The van der Waals surface area contributed by atoms with Gasteiger partial charge in [0.05, 0.1) is 19.2 Å². The number of hydrogen-bond donors (Lipinski definition) is 1. The zero-order chi connectivity index (χ0) is 18.9. The summed E-state index contributed by atoms with van der Waals surface area (Å²) in [4.78, 5) is 38.3. The van der Waals surface area contributed by atoms with E-state index in [1.165, 1.54) is 7.11 Å². The maximum Gasteiger partial charge on any atom is 0.325 e. The Labute approximate surface area is 158 Å². The molecule has 26 heavy (non-hydrogen) atoms. The van der Waals surface area contributed by atoms with Gasteiger partial charge in [0.25, 0.3) is 5.91 Å². The molecule has 6 nitrogen and oxygen atoms in total. The number of fused-ring (bicyclic) bond motifs is 1. The summed E-state index contributed by atoms with van der Waals surface area (Å²) in [5.41, 5.74) is -0.978. The number of halogens is 1. The smallest absolute Gasteiger partial charge is 0.325 e. The molecule has 0 unspecified atom stereocenters. The van der Waals surface area contributed by atoms with E-state index in [1.807, 2.05) is 0 Å². The lowest BCUT2D eigenvalue weighted by molar-refractivity contribution is -0.142. The van der Waals surface area contributed by atoms with Gasteiger partial charge in [-0.25, -0.2) is 0 Å². The second-order valence-electron chi connectivity index (χ2n) is 5.96. The number of Topliss-reactive ketones (excluding diaryl/α,β-unsaturated/α-hetero) is 1. The summed E-state index contributed by atoms with van der Waals surface area (Å²) >= 11 is 3.31. The van der Waals surface area contributed by atoms with Crippen LogP contribution in [-0.2, 0) is 19.9 Å². The summed E-state index contributed by atoms with van der Waals surface area (Å²) in [6.45, 7) is -0.341. The molecular formula is C19H16BrNO5. The maximum atomic E-state index is 12.9. The lowest BCUT2D eigenvalue weighted by atomic mass is 9.88. The van der Waals surface area contributed by atoms with Crippen LogP contribution in [-0.4, -0.2) is 36.4 Å². The SMILES string of the molecule is COC(=O)CN1C(=O)[C@@](O)(CC(=O)c2ccccc2)c2cc(Br)ccc21. The van der Waals surface area contributed by atoms with Crippen molar-refractivity contribution < 1.29 is 24.2 Å². The summed E-state index contributed by atoms with van der Waals surface area (Å²) in [7, 11) is 1.22. The van der Waals surface area contributed by atoms with E-state index in [4.69, 9.17) is 0 Å². The van der Waals surface area contributed by atoms with E-state index in [9.17, 15) is 19.5 Å². The molecule has 1 aliphatic heterocycles. The number of ketones is 1. The Hall–Kier alpha value is -2.51. The molecule has 2 aromatic rings. The molecule has 0 aliphatic carbocycles. The van der Waals surface area contributed by atoms with Gasteiger partial charge in [0.15, 0.2) is 11.4 Å². The van der Waals surface area contributed by atoms with Crippen molar-refractivity contribution in [2.75, 3.05) is 18.6 Å². The third-order valence-corrected chi connectivity index (χ3v) is 4.81. The number of esters is 1. The normalized spacial score (nSPS) is 18.6. The maximum absolute atomic E-state index is 12.9. The highest BCUT2D eigenvalue weighted by atomic mass is 79.9. The van der Waals surface area contributed by atoms with Crippen LogP contribution in [0.4, 0.5) is 5.69 Å². The fourth-order valence-electron chi connectivity index (χ4n) is 3.00. The number of anilines is 1. The van der Waals surface area contributed by atoms with Crippen LogP contribution in [0.1, 0.15) is 22.3 Å². The number of carbonyl (C=O) groups is 3. The van der Waals surface area contributed by atoms with E-state index >= 15 is 0 Å². The van der Waals surface area contributed by atoms with Crippen molar-refractivity contribution in [2.24, 2.45) is 0 Å². The third-order valence-electron chi connectivity index (χ3n) is 4.32. The largest absolute Gasteiger partial charge is 0.468 e. The molecule has 1 amide bonds. The van der Waals surface area contributed by atoms with Crippen LogP contribution in [0.2, 0.25) is 0 Å². The van der Waals surface area contributed by atoms with Gasteiger partial charge in [-0.15, -0.1) is 0 Å². The molecule has 0 spiro atoms. The Morgan fingerprint density at radius 3 is 2.54 bits per heavy atom. The van der Waals surface area contributed by atoms with Crippen molar-refractivity contribution in [2.45, 2.75) is 12.0 Å². The van der Waals surface area contributed by atoms with Crippen LogP contribution in [0.25, 0.3) is 0 Å². The summed E-state index contributed by atoms with van der Waals surface area (Å²) in [6, 6.07) is 13.3. The predicted molar refractivity (Wildman–Crippen MR) is 97.8 cm³/mol. The van der Waals surface area contributed by atoms with Crippen molar-refractivity contribution in [1.82, 2.24) is 0 Å². The van der Waals surface area contributed by atoms with Crippen LogP contribution in [0.3, 0.4) is 0 Å². The van der Waals surface area contributed by atoms with Crippen LogP contribution >= 0.6 is 15.9 Å². The van der Waals surface area contributed by atoms with Crippen molar-refractivity contribution in [3.63, 3.8) is 0 Å². The minimum Gasteiger partial charge on any atom is -0.468 e. The fourth-order valence-corrected chi connectivity index (χ4v) is 3.36. The van der Waals surface area contributed by atoms with Gasteiger partial charge < -0.3 is 9.84 Å². The van der Waals surface area contributed by atoms with E-state index in [0.717, 1.165) is 4.90 Å². The van der Waals surface area contributed by atoms with E-state index in [-0.39, 0.29) is 17.9 Å². The summed E-state index contributed by atoms with van der Waals surface area (Å²) in [6.07, 6.45) is -0.420. The number of amides is 1. The summed E-state index contributed by atoms with van der Waals surface area (Å²) in [5, 5.41) is 11.1. The second-order valence-corrected chi connectivity index (χ2v) is 6.87. The number of nitrogens with zero attached hydrogens (tertiary/aromatic N) is 1. The Morgan fingerprint density at radius 1 is 1.19 bits per heavy atom. The van der Waals surface area contributed by atoms with E-state index in [1.54, 1.807) is 48.5 Å². The molecule has 0 saturated heterocycles. The Kier molecular flexibility index (Phi) is 4.93. The number of benzene rings is 2. The molecule has 1 atom stereocenters. The van der Waals surface area contributed by atoms with E-state index < -0.39 is 23.9 Å². The molecule has 0 saturated carbocycles. The first-order valence-electron chi connectivity index (χ1n) is 7.86. The average molecular weight is 418 g/mol. The van der Waals surface area contributed by atoms with E-state index in [0.29, 0.717) is 15.7 Å². The molecule has 0 aromatic heterocycles. The number of aliphatic hydroxyl groups is 1. The molecule has 0 bridgehead atoms. The van der Waals surface area contributed by atoms with Gasteiger partial charge in [0.2, 0.25) is 0 Å². The summed E-state index contributed by atoms with van der Waals surface area (Å²) < 4.78 is 5.27. The van der Waals surface area contributed by atoms with Crippen LogP contribution in [0.5, 0.6) is 0 Å². The molecule has 1 heterocycles. The minimum absolute atomic E-state index is 0.282. The molecule has 2 aromatic carbocycles. The molecule has 7 heteroatoms. The Morgan fingerprint density at radius 2 is 1.88 bits per heavy atom. The number of ether oxygens (including phenoxy) is 1. The van der Waals surface area contributed by atoms with Gasteiger partial charge in [-0.3, -0.25) is 19.3 Å². The molecule has 1 aliphatic rings. The third kappa shape index (κ3) is 3.15. The van der Waals surface area contributed by atoms with Gasteiger partial charge in [0, 0.05) is 15.6 Å². The predicted octanol–water partition coefficient (Wildman–Crippen LogP) is 2.43. The second kappa shape index (κ2) is 7.01. The first kappa shape index (κ1) is 18.3. The Bertz CT molecular complexity index is 883. The standard InChI is InChI=1S/C19H16BrNO5/c1-26-17(23)11-21-15-8-7-13(20)9-14(15)19(25,18(21)24)10-16(22)12-5-3-2-4-6-12/h2-9,25H,10-11H2,1H3/t19-/m1/s1. The highest BCUT2D eigenvalue weighted by molar-refractivity contribution is 9.10. The zero-order valence-corrected chi connectivity index (χ0v) is 15.5. The molecule has 3 rings (SSSR count). The molecule has 0 fully saturated rings. The first-order chi connectivity index (χ1) is 12.4. The quantitative estimate of drug-likeness (QED) is 0.596. The van der Waals surface area contributed by atoms with Gasteiger partial charge in [-0.2, -0.15) is 0 Å². The fraction of sp³-hybridized carbons (Fsp3) is 0.211. The first-order valence-corrected chi connectivity index (χ1v) is 8.65. The minimum atomic E-state index is -2.04. The number of hydrogen-bond acceptors (Lipinski definition) is 5. The van der Waals surface area contributed by atoms with Gasteiger partial charge in [0.1, 0.15) is 6.54 Å². The number of rotatable bonds is 5. The molecule has 1 N–H and O–H groups in total. The van der Waals surface area contributed by atoms with Gasteiger partial charge in [-0.1, -0.05) is 46.3 Å². The summed E-state index contributed by atoms with van der Waals surface area (Å²) in [5.74, 6) is -1.71. The molecular weight excluding hydrogens is 402 g/mol.